The molecule has 2 atom stereocenters. The summed E-state index contributed by atoms with van der Waals surface area (Å²) in [6.45, 7) is 1.68. The van der Waals surface area contributed by atoms with Crippen molar-refractivity contribution in [3.8, 4) is 0 Å². The summed E-state index contributed by atoms with van der Waals surface area (Å²) in [4.78, 5) is 22.7. The minimum Gasteiger partial charge on any atom is -0.326 e. The first-order chi connectivity index (χ1) is 10.6. The number of amides is 1. The van der Waals surface area contributed by atoms with Crippen molar-refractivity contribution in [1.82, 2.24) is 0 Å². The van der Waals surface area contributed by atoms with E-state index in [2.05, 4.69) is 5.32 Å². The zero-order valence-corrected chi connectivity index (χ0v) is 12.2. The van der Waals surface area contributed by atoms with E-state index in [9.17, 15) is 14.9 Å². The Morgan fingerprint density at radius 2 is 1.95 bits per heavy atom. The van der Waals surface area contributed by atoms with Crippen LogP contribution in [-0.4, -0.2) is 10.8 Å². The van der Waals surface area contributed by atoms with Crippen molar-refractivity contribution in [2.45, 2.75) is 19.3 Å². The number of nitrogens with one attached hydrogen (secondary N) is 1. The molecule has 1 amide bonds. The van der Waals surface area contributed by atoms with Gasteiger partial charge >= 0.3 is 0 Å². The lowest BCUT2D eigenvalue weighted by Gasteiger charge is -2.06. The van der Waals surface area contributed by atoms with E-state index in [1.54, 1.807) is 19.1 Å². The average molecular weight is 296 g/mol. The monoisotopic (exact) mass is 296 g/mol. The van der Waals surface area contributed by atoms with Crippen LogP contribution < -0.4 is 5.32 Å². The molecule has 1 N–H and O–H groups in total. The van der Waals surface area contributed by atoms with Gasteiger partial charge in [0.1, 0.15) is 0 Å². The third-order valence-corrected chi connectivity index (χ3v) is 4.03. The van der Waals surface area contributed by atoms with Gasteiger partial charge in [-0.3, -0.25) is 14.9 Å². The van der Waals surface area contributed by atoms with Crippen LogP contribution in [0.5, 0.6) is 0 Å². The van der Waals surface area contributed by atoms with Crippen LogP contribution in [0.4, 0.5) is 11.4 Å². The Morgan fingerprint density at radius 1 is 1.23 bits per heavy atom. The Hall–Kier alpha value is -2.69. The summed E-state index contributed by atoms with van der Waals surface area (Å²) in [5.74, 6) is 0.122. The molecule has 2 aromatic carbocycles. The fourth-order valence-corrected chi connectivity index (χ4v) is 2.67. The molecule has 5 nitrogen and oxygen atoms in total. The summed E-state index contributed by atoms with van der Waals surface area (Å²) >= 11 is 0. The lowest BCUT2D eigenvalue weighted by atomic mass is 10.1. The van der Waals surface area contributed by atoms with E-state index in [0.29, 0.717) is 11.3 Å². The van der Waals surface area contributed by atoms with E-state index in [1.807, 2.05) is 30.3 Å². The van der Waals surface area contributed by atoms with Gasteiger partial charge in [0.2, 0.25) is 5.91 Å². The highest BCUT2D eigenvalue weighted by Gasteiger charge is 2.43. The molecule has 0 radical (unpaired) electrons. The topological polar surface area (TPSA) is 72.2 Å². The number of nitro groups is 1. The molecule has 1 saturated carbocycles. The molecule has 22 heavy (non-hydrogen) atoms. The van der Waals surface area contributed by atoms with Crippen LogP contribution in [-0.2, 0) is 4.79 Å². The molecule has 0 aliphatic heterocycles. The summed E-state index contributed by atoms with van der Waals surface area (Å²) in [5.41, 5.74) is 2.24. The highest BCUT2D eigenvalue weighted by atomic mass is 16.6. The summed E-state index contributed by atoms with van der Waals surface area (Å²) < 4.78 is 0. The van der Waals surface area contributed by atoms with Crippen LogP contribution in [0.15, 0.2) is 48.5 Å². The summed E-state index contributed by atoms with van der Waals surface area (Å²) in [6.07, 6.45) is 0.823. The molecule has 1 aliphatic rings. The number of anilines is 1. The second kappa shape index (κ2) is 5.60. The minimum atomic E-state index is -0.436. The molecule has 0 spiro atoms. The largest absolute Gasteiger partial charge is 0.326 e. The van der Waals surface area contributed by atoms with Crippen molar-refractivity contribution < 1.29 is 9.72 Å². The van der Waals surface area contributed by atoms with Crippen LogP contribution >= 0.6 is 0 Å². The van der Waals surface area contributed by atoms with Crippen LogP contribution in [0, 0.1) is 23.0 Å². The Bertz CT molecular complexity index is 728. The van der Waals surface area contributed by atoms with Crippen molar-refractivity contribution >= 4 is 17.3 Å². The smallest absolute Gasteiger partial charge is 0.274 e. The third kappa shape index (κ3) is 2.83. The maximum absolute atomic E-state index is 12.2. The van der Waals surface area contributed by atoms with Crippen molar-refractivity contribution in [2.75, 3.05) is 5.32 Å². The lowest BCUT2D eigenvalue weighted by Crippen LogP contribution is -2.14. The van der Waals surface area contributed by atoms with Gasteiger partial charge in [0, 0.05) is 23.2 Å². The fraction of sp³-hybridized carbons (Fsp3) is 0.235. The maximum atomic E-state index is 12.2. The molecular formula is C17H16N2O3. The predicted molar refractivity (Wildman–Crippen MR) is 83.8 cm³/mol. The number of aryl methyl sites for hydroxylation is 1. The minimum absolute atomic E-state index is 0.0215. The highest BCUT2D eigenvalue weighted by Crippen LogP contribution is 2.47. The second-order valence-electron chi connectivity index (χ2n) is 5.61. The van der Waals surface area contributed by atoms with E-state index in [0.717, 1.165) is 12.0 Å². The quantitative estimate of drug-likeness (QED) is 0.691. The van der Waals surface area contributed by atoms with Gasteiger partial charge in [-0.05, 0) is 30.9 Å². The summed E-state index contributed by atoms with van der Waals surface area (Å²) in [7, 11) is 0. The molecule has 1 fully saturated rings. The molecule has 2 aromatic rings. The summed E-state index contributed by atoms with van der Waals surface area (Å²) in [6, 6.07) is 14.7. The number of carbonyl (C=O) groups excluding carboxylic acids is 1. The van der Waals surface area contributed by atoms with Gasteiger partial charge in [-0.1, -0.05) is 36.4 Å². The Labute approximate surface area is 128 Å². The first-order valence-corrected chi connectivity index (χ1v) is 7.17. The first kappa shape index (κ1) is 14.3. The highest BCUT2D eigenvalue weighted by molar-refractivity contribution is 5.95. The van der Waals surface area contributed by atoms with Crippen molar-refractivity contribution in [2.24, 2.45) is 5.92 Å². The third-order valence-electron chi connectivity index (χ3n) is 4.03. The van der Waals surface area contributed by atoms with Crippen LogP contribution in [0.2, 0.25) is 0 Å². The van der Waals surface area contributed by atoms with Gasteiger partial charge in [-0.15, -0.1) is 0 Å². The van der Waals surface area contributed by atoms with Gasteiger partial charge in [-0.25, -0.2) is 0 Å². The molecule has 0 saturated heterocycles. The van der Waals surface area contributed by atoms with E-state index in [4.69, 9.17) is 0 Å². The van der Waals surface area contributed by atoms with Gasteiger partial charge in [0.15, 0.2) is 0 Å². The van der Waals surface area contributed by atoms with E-state index >= 15 is 0 Å². The first-order valence-electron chi connectivity index (χ1n) is 7.17. The van der Waals surface area contributed by atoms with Crippen molar-refractivity contribution in [3.63, 3.8) is 0 Å². The summed E-state index contributed by atoms with van der Waals surface area (Å²) in [5, 5.41) is 13.7. The van der Waals surface area contributed by atoms with E-state index in [-0.39, 0.29) is 23.4 Å². The number of nitro benzene ring substituents is 1. The van der Waals surface area contributed by atoms with Crippen LogP contribution in [0.3, 0.4) is 0 Å². The Balaban J connectivity index is 1.69. The Kier molecular flexibility index (Phi) is 3.63. The maximum Gasteiger partial charge on any atom is 0.274 e. The molecule has 0 heterocycles. The second-order valence-corrected chi connectivity index (χ2v) is 5.61. The van der Waals surface area contributed by atoms with Crippen LogP contribution in [0.1, 0.15) is 23.5 Å². The number of rotatable bonds is 4. The molecule has 1 aliphatic carbocycles. The molecule has 112 valence electrons. The number of hydrogen-bond donors (Lipinski definition) is 1. The fourth-order valence-electron chi connectivity index (χ4n) is 2.67. The molecule has 0 aromatic heterocycles. The SMILES string of the molecule is Cc1ccc(NC(=O)C2CC2c2ccccc2)cc1[N+](=O)[O-]. The number of carbonyl (C=O) groups is 1. The normalized spacial score (nSPS) is 19.5. The van der Waals surface area contributed by atoms with E-state index < -0.39 is 4.92 Å². The van der Waals surface area contributed by atoms with Crippen molar-refractivity contribution in [1.29, 1.82) is 0 Å². The van der Waals surface area contributed by atoms with Gasteiger partial charge in [0.25, 0.3) is 5.69 Å². The number of hydrogen-bond acceptors (Lipinski definition) is 3. The van der Waals surface area contributed by atoms with Crippen LogP contribution in [0.25, 0.3) is 0 Å². The average Bonchev–Trinajstić information content (AvgIpc) is 3.30. The van der Waals surface area contributed by atoms with Gasteiger partial charge in [-0.2, -0.15) is 0 Å². The molecular weight excluding hydrogens is 280 g/mol. The van der Waals surface area contributed by atoms with Gasteiger partial charge in [0.05, 0.1) is 4.92 Å². The molecule has 2 unspecified atom stereocenters. The zero-order valence-electron chi connectivity index (χ0n) is 12.2. The van der Waals surface area contributed by atoms with Crippen molar-refractivity contribution in [3.05, 3.63) is 69.8 Å². The standard InChI is InChI=1S/C17H16N2O3/c1-11-7-8-13(9-16(11)19(21)22)18-17(20)15-10-14(15)12-5-3-2-4-6-12/h2-9,14-15H,10H2,1H3,(H,18,20). The molecule has 5 heteroatoms. The Morgan fingerprint density at radius 3 is 2.64 bits per heavy atom. The number of benzene rings is 2. The predicted octanol–water partition coefficient (Wildman–Crippen LogP) is 3.65. The number of nitrogens with zero attached hydrogens (tertiary/aromatic N) is 1. The zero-order chi connectivity index (χ0) is 15.7. The lowest BCUT2D eigenvalue weighted by molar-refractivity contribution is -0.385. The molecule has 3 rings (SSSR count). The van der Waals surface area contributed by atoms with E-state index in [1.165, 1.54) is 6.07 Å². The van der Waals surface area contributed by atoms with Gasteiger partial charge < -0.3 is 5.32 Å². The molecule has 0 bridgehead atoms.